The highest BCUT2D eigenvalue weighted by molar-refractivity contribution is 7.71. The summed E-state index contributed by atoms with van der Waals surface area (Å²) in [6.07, 6.45) is 4.84. The maximum atomic E-state index is 12.6. The molecule has 0 unspecified atom stereocenters. The quantitative estimate of drug-likeness (QED) is 0.350. The van der Waals surface area contributed by atoms with Crippen molar-refractivity contribution in [2.45, 2.75) is 19.9 Å². The second-order valence-electron chi connectivity index (χ2n) is 6.93. The van der Waals surface area contributed by atoms with Crippen molar-refractivity contribution >= 4 is 23.8 Å². The van der Waals surface area contributed by atoms with Crippen molar-refractivity contribution in [1.82, 2.24) is 24.7 Å². The number of benzene rings is 2. The third kappa shape index (κ3) is 5.80. The zero-order valence-electron chi connectivity index (χ0n) is 17.9. The number of anilines is 1. The van der Waals surface area contributed by atoms with Crippen molar-refractivity contribution in [3.05, 3.63) is 71.9 Å². The van der Waals surface area contributed by atoms with Crippen LogP contribution in [0.4, 0.5) is 5.69 Å². The number of amides is 1. The fourth-order valence-corrected chi connectivity index (χ4v) is 3.37. The fraction of sp³-hybridized carbons (Fsp3) is 0.174. The highest BCUT2D eigenvalue weighted by Gasteiger charge is 2.12. The van der Waals surface area contributed by atoms with Gasteiger partial charge in [-0.1, -0.05) is 6.07 Å². The van der Waals surface area contributed by atoms with Crippen LogP contribution in [0.3, 0.4) is 0 Å². The molecule has 2 aromatic heterocycles. The second kappa shape index (κ2) is 10.5. The van der Waals surface area contributed by atoms with E-state index in [9.17, 15) is 4.79 Å². The molecule has 1 amide bonds. The van der Waals surface area contributed by atoms with Gasteiger partial charge in [0.1, 0.15) is 11.5 Å². The first-order chi connectivity index (χ1) is 16.1. The van der Waals surface area contributed by atoms with Crippen molar-refractivity contribution in [3.8, 4) is 28.8 Å². The Morgan fingerprint density at radius 1 is 1.15 bits per heavy atom. The Morgan fingerprint density at radius 3 is 2.76 bits per heavy atom. The van der Waals surface area contributed by atoms with Crippen LogP contribution in [0.1, 0.15) is 13.3 Å². The summed E-state index contributed by atoms with van der Waals surface area (Å²) in [6, 6.07) is 14.7. The van der Waals surface area contributed by atoms with Gasteiger partial charge in [0.05, 0.1) is 12.8 Å². The standard InChI is InChI=1S/C23H22N6O3S/c1-2-31-18-8-6-16(7-9-18)22-27-28-23(33)29(22)13-10-20(30)26-17-4-3-5-19(14-17)32-21-15-24-11-12-25-21/h3-9,11-12,14-15H,2,10,13H2,1H3,(H,26,30)(H,28,33). The monoisotopic (exact) mass is 462 g/mol. The molecular formula is C23H22N6O3S. The Hall–Kier alpha value is -4.05. The molecule has 2 N–H and O–H groups in total. The number of H-pyrrole nitrogens is 1. The van der Waals surface area contributed by atoms with Crippen molar-refractivity contribution in [2.24, 2.45) is 0 Å². The minimum atomic E-state index is -0.160. The maximum Gasteiger partial charge on any atom is 0.237 e. The van der Waals surface area contributed by atoms with Crippen LogP contribution in [0, 0.1) is 4.77 Å². The van der Waals surface area contributed by atoms with Crippen LogP contribution in [0.15, 0.2) is 67.1 Å². The van der Waals surface area contributed by atoms with E-state index >= 15 is 0 Å². The van der Waals surface area contributed by atoms with E-state index in [1.54, 1.807) is 41.2 Å². The van der Waals surface area contributed by atoms with Gasteiger partial charge in [-0.25, -0.2) is 4.98 Å². The van der Waals surface area contributed by atoms with Crippen LogP contribution in [0.25, 0.3) is 11.4 Å². The zero-order chi connectivity index (χ0) is 23.0. The third-order valence-corrected chi connectivity index (χ3v) is 4.94. The first kappa shape index (κ1) is 22.2. The van der Waals surface area contributed by atoms with Crippen molar-refractivity contribution in [3.63, 3.8) is 0 Å². The first-order valence-corrected chi connectivity index (χ1v) is 10.8. The lowest BCUT2D eigenvalue weighted by Gasteiger charge is -2.10. The van der Waals surface area contributed by atoms with Gasteiger partial charge in [0.25, 0.3) is 0 Å². The lowest BCUT2D eigenvalue weighted by atomic mass is 10.2. The molecule has 10 heteroatoms. The molecule has 4 aromatic rings. The molecule has 0 saturated heterocycles. The lowest BCUT2D eigenvalue weighted by molar-refractivity contribution is -0.116. The summed E-state index contributed by atoms with van der Waals surface area (Å²) in [7, 11) is 0. The summed E-state index contributed by atoms with van der Waals surface area (Å²) in [5.41, 5.74) is 1.49. The summed E-state index contributed by atoms with van der Waals surface area (Å²) in [4.78, 5) is 20.6. The smallest absolute Gasteiger partial charge is 0.237 e. The number of carbonyl (C=O) groups excluding carboxylic acids is 1. The molecular weight excluding hydrogens is 440 g/mol. The summed E-state index contributed by atoms with van der Waals surface area (Å²) in [5.74, 6) is 2.20. The molecule has 0 fully saturated rings. The summed E-state index contributed by atoms with van der Waals surface area (Å²) in [6.45, 7) is 2.91. The van der Waals surface area contributed by atoms with Crippen LogP contribution in [0.2, 0.25) is 0 Å². The molecule has 0 spiro atoms. The number of carbonyl (C=O) groups is 1. The number of hydrogen-bond donors (Lipinski definition) is 2. The highest BCUT2D eigenvalue weighted by Crippen LogP contribution is 2.23. The number of hydrogen-bond acceptors (Lipinski definition) is 7. The number of aromatic nitrogens is 5. The Balaban J connectivity index is 1.39. The first-order valence-electron chi connectivity index (χ1n) is 10.3. The molecule has 33 heavy (non-hydrogen) atoms. The van der Waals surface area contributed by atoms with E-state index in [0.717, 1.165) is 11.3 Å². The third-order valence-electron chi connectivity index (χ3n) is 4.62. The Kier molecular flexibility index (Phi) is 7.06. The predicted octanol–water partition coefficient (Wildman–Crippen LogP) is 4.62. The van der Waals surface area contributed by atoms with E-state index in [-0.39, 0.29) is 12.3 Å². The SMILES string of the molecule is CCOc1ccc(-c2n[nH]c(=S)n2CCC(=O)Nc2cccc(Oc3cnccn3)c2)cc1. The average molecular weight is 463 g/mol. The molecule has 2 heterocycles. The largest absolute Gasteiger partial charge is 0.494 e. The van der Waals surface area contributed by atoms with Crippen LogP contribution < -0.4 is 14.8 Å². The summed E-state index contributed by atoms with van der Waals surface area (Å²) >= 11 is 5.36. The highest BCUT2D eigenvalue weighted by atomic mass is 32.1. The minimum absolute atomic E-state index is 0.160. The molecule has 0 aliphatic carbocycles. The van der Waals surface area contributed by atoms with E-state index in [1.807, 2.05) is 31.2 Å². The zero-order valence-corrected chi connectivity index (χ0v) is 18.7. The molecule has 0 saturated carbocycles. The van der Waals surface area contributed by atoms with Gasteiger partial charge in [-0.3, -0.25) is 19.4 Å². The van der Waals surface area contributed by atoms with Crippen LogP contribution in [0.5, 0.6) is 17.4 Å². The van der Waals surface area contributed by atoms with E-state index in [4.69, 9.17) is 21.7 Å². The molecule has 0 aliphatic rings. The van der Waals surface area contributed by atoms with Gasteiger partial charge in [0, 0.05) is 42.7 Å². The molecule has 0 bridgehead atoms. The van der Waals surface area contributed by atoms with Gasteiger partial charge in [0.2, 0.25) is 11.8 Å². The lowest BCUT2D eigenvalue weighted by Crippen LogP contribution is -2.15. The average Bonchev–Trinajstić information content (AvgIpc) is 3.19. The van der Waals surface area contributed by atoms with E-state index in [2.05, 4.69) is 25.5 Å². The summed E-state index contributed by atoms with van der Waals surface area (Å²) in [5, 5.41) is 10.0. The number of nitrogens with zero attached hydrogens (tertiary/aromatic N) is 4. The number of nitrogens with one attached hydrogen (secondary N) is 2. The van der Waals surface area contributed by atoms with Crippen molar-refractivity contribution in [2.75, 3.05) is 11.9 Å². The molecule has 0 aliphatic heterocycles. The van der Waals surface area contributed by atoms with Crippen LogP contribution in [-0.4, -0.2) is 37.2 Å². The molecule has 2 aromatic carbocycles. The van der Waals surface area contributed by atoms with Gasteiger partial charge in [-0.05, 0) is 55.5 Å². The molecule has 0 radical (unpaired) electrons. The minimum Gasteiger partial charge on any atom is -0.494 e. The summed E-state index contributed by atoms with van der Waals surface area (Å²) < 4.78 is 13.4. The number of ether oxygens (including phenoxy) is 2. The number of rotatable bonds is 9. The predicted molar refractivity (Wildman–Crippen MR) is 126 cm³/mol. The van der Waals surface area contributed by atoms with E-state index in [0.29, 0.717) is 41.1 Å². The Bertz CT molecular complexity index is 1270. The molecule has 0 atom stereocenters. The second-order valence-corrected chi connectivity index (χ2v) is 7.32. The Morgan fingerprint density at radius 2 is 2.00 bits per heavy atom. The number of aromatic amines is 1. The molecule has 4 rings (SSSR count). The van der Waals surface area contributed by atoms with Gasteiger partial charge < -0.3 is 14.8 Å². The normalized spacial score (nSPS) is 10.6. The van der Waals surface area contributed by atoms with Crippen LogP contribution >= 0.6 is 12.2 Å². The van der Waals surface area contributed by atoms with Crippen molar-refractivity contribution in [1.29, 1.82) is 0 Å². The van der Waals surface area contributed by atoms with E-state index < -0.39 is 0 Å². The van der Waals surface area contributed by atoms with Gasteiger partial charge in [0.15, 0.2) is 10.6 Å². The fourth-order valence-electron chi connectivity index (χ4n) is 3.15. The van der Waals surface area contributed by atoms with E-state index in [1.165, 1.54) is 6.20 Å². The van der Waals surface area contributed by atoms with Gasteiger partial charge in [-0.15, -0.1) is 0 Å². The van der Waals surface area contributed by atoms with Gasteiger partial charge >= 0.3 is 0 Å². The molecule has 9 nitrogen and oxygen atoms in total. The molecule has 168 valence electrons. The maximum absolute atomic E-state index is 12.6. The Labute approximate surface area is 195 Å². The van der Waals surface area contributed by atoms with Gasteiger partial charge in [-0.2, -0.15) is 5.10 Å². The van der Waals surface area contributed by atoms with Crippen LogP contribution in [-0.2, 0) is 11.3 Å². The van der Waals surface area contributed by atoms with Crippen molar-refractivity contribution < 1.29 is 14.3 Å². The topological polar surface area (TPSA) is 107 Å².